The van der Waals surface area contributed by atoms with E-state index in [0.29, 0.717) is 11.6 Å². The molecule has 21 heavy (non-hydrogen) atoms. The van der Waals surface area contributed by atoms with E-state index in [1.165, 1.54) is 31.9 Å². The fraction of sp³-hybridized carbons (Fsp3) is 0.588. The van der Waals surface area contributed by atoms with Gasteiger partial charge in [-0.25, -0.2) is 4.39 Å². The molecule has 1 saturated heterocycles. The van der Waals surface area contributed by atoms with Crippen LogP contribution in [0.5, 0.6) is 0 Å². The predicted molar refractivity (Wildman–Crippen MR) is 83.7 cm³/mol. The topological polar surface area (TPSA) is 39.1 Å². The van der Waals surface area contributed by atoms with Crippen molar-refractivity contribution < 1.29 is 4.39 Å². The molecule has 1 aliphatic rings. The maximum absolute atomic E-state index is 13.6. The summed E-state index contributed by atoms with van der Waals surface area (Å²) in [6.07, 6.45) is 3.58. The Kier molecular flexibility index (Phi) is 5.58. The first kappa shape index (κ1) is 15.8. The lowest BCUT2D eigenvalue weighted by Gasteiger charge is -2.36. The highest BCUT2D eigenvalue weighted by atomic mass is 19.1. The molecule has 0 aromatic heterocycles. The van der Waals surface area contributed by atoms with E-state index in [0.717, 1.165) is 13.1 Å². The zero-order valence-electron chi connectivity index (χ0n) is 12.9. The highest BCUT2D eigenvalue weighted by Crippen LogP contribution is 2.25. The Hall–Kier alpha value is -1.60. The van der Waals surface area contributed by atoms with Gasteiger partial charge in [-0.3, -0.25) is 0 Å². The van der Waals surface area contributed by atoms with Gasteiger partial charge < -0.3 is 10.2 Å². The maximum atomic E-state index is 13.6. The van der Waals surface area contributed by atoms with Gasteiger partial charge >= 0.3 is 0 Å². The number of halogens is 1. The maximum Gasteiger partial charge on any atom is 0.143 e. The van der Waals surface area contributed by atoms with Crippen molar-refractivity contribution in [2.24, 2.45) is 5.92 Å². The van der Waals surface area contributed by atoms with Crippen LogP contribution < -0.4 is 5.32 Å². The molecule has 2 atom stereocenters. The fourth-order valence-corrected chi connectivity index (χ4v) is 3.14. The molecule has 2 rings (SSSR count). The first-order valence-corrected chi connectivity index (χ1v) is 7.83. The minimum absolute atomic E-state index is 0.116. The molecule has 1 aromatic carbocycles. The van der Waals surface area contributed by atoms with Crippen LogP contribution in [0.2, 0.25) is 0 Å². The Morgan fingerprint density at radius 2 is 2.33 bits per heavy atom. The van der Waals surface area contributed by atoms with E-state index < -0.39 is 5.82 Å². The van der Waals surface area contributed by atoms with Crippen LogP contribution in [0.1, 0.15) is 38.7 Å². The molecule has 3 nitrogen and oxygen atoms in total. The van der Waals surface area contributed by atoms with Crippen molar-refractivity contribution in [2.75, 3.05) is 25.0 Å². The molecular formula is C17H24FN3. The molecule has 4 heteroatoms. The average molecular weight is 289 g/mol. The smallest absolute Gasteiger partial charge is 0.143 e. The van der Waals surface area contributed by atoms with Crippen LogP contribution in [0.25, 0.3) is 0 Å². The van der Waals surface area contributed by atoms with Crippen molar-refractivity contribution in [1.29, 1.82) is 5.26 Å². The van der Waals surface area contributed by atoms with E-state index in [1.807, 2.05) is 6.07 Å². The van der Waals surface area contributed by atoms with E-state index in [-0.39, 0.29) is 11.6 Å². The zero-order valence-corrected chi connectivity index (χ0v) is 12.9. The summed E-state index contributed by atoms with van der Waals surface area (Å²) in [7, 11) is 0. The van der Waals surface area contributed by atoms with E-state index in [2.05, 4.69) is 24.1 Å². The number of nitriles is 1. The lowest BCUT2D eigenvalue weighted by Crippen LogP contribution is -2.42. The fourth-order valence-electron chi connectivity index (χ4n) is 3.14. The van der Waals surface area contributed by atoms with Crippen LogP contribution in [0.3, 0.4) is 0 Å². The van der Waals surface area contributed by atoms with Gasteiger partial charge in [0, 0.05) is 12.6 Å². The van der Waals surface area contributed by atoms with Crippen molar-refractivity contribution in [3.8, 4) is 6.07 Å². The van der Waals surface area contributed by atoms with Crippen LogP contribution in [-0.2, 0) is 0 Å². The molecule has 0 aliphatic carbocycles. The average Bonchev–Trinajstić information content (AvgIpc) is 2.48. The lowest BCUT2D eigenvalue weighted by molar-refractivity contribution is 0.165. The van der Waals surface area contributed by atoms with Crippen molar-refractivity contribution in [3.05, 3.63) is 29.6 Å². The molecule has 1 heterocycles. The van der Waals surface area contributed by atoms with Crippen LogP contribution in [0.15, 0.2) is 18.2 Å². The Morgan fingerprint density at radius 1 is 1.52 bits per heavy atom. The first-order valence-electron chi connectivity index (χ1n) is 7.83. The molecule has 114 valence electrons. The Morgan fingerprint density at radius 3 is 3.05 bits per heavy atom. The number of nitrogens with one attached hydrogen (secondary N) is 1. The van der Waals surface area contributed by atoms with Crippen LogP contribution in [0.4, 0.5) is 10.1 Å². The zero-order chi connectivity index (χ0) is 15.2. The van der Waals surface area contributed by atoms with E-state index in [9.17, 15) is 4.39 Å². The number of nitrogens with zero attached hydrogens (tertiary/aromatic N) is 2. The van der Waals surface area contributed by atoms with Gasteiger partial charge in [-0.05, 0) is 57.3 Å². The lowest BCUT2D eigenvalue weighted by atomic mass is 9.91. The van der Waals surface area contributed by atoms with Crippen molar-refractivity contribution >= 4 is 5.69 Å². The summed E-state index contributed by atoms with van der Waals surface area (Å²) in [6.45, 7) is 7.75. The number of hydrogen-bond acceptors (Lipinski definition) is 3. The third-order valence-electron chi connectivity index (χ3n) is 4.30. The molecule has 1 fully saturated rings. The molecule has 2 unspecified atom stereocenters. The molecule has 1 N–H and O–H groups in total. The molecular weight excluding hydrogens is 265 g/mol. The standard InChI is InChI=1S/C17H24FN3/c1-3-9-21-10-5-6-14(12-21)13(2)20-17-8-4-7-16(18)15(17)11-19/h4,7-8,13-14,20H,3,5-6,9-10,12H2,1-2H3. The van der Waals surface area contributed by atoms with Gasteiger partial charge in [-0.2, -0.15) is 5.26 Å². The third-order valence-corrected chi connectivity index (χ3v) is 4.30. The minimum Gasteiger partial charge on any atom is -0.381 e. The molecule has 0 bridgehead atoms. The highest BCUT2D eigenvalue weighted by Gasteiger charge is 2.24. The Balaban J connectivity index is 2.03. The van der Waals surface area contributed by atoms with E-state index in [1.54, 1.807) is 12.1 Å². The summed E-state index contributed by atoms with van der Waals surface area (Å²) in [5, 5.41) is 12.4. The van der Waals surface area contributed by atoms with Crippen molar-refractivity contribution in [2.45, 2.75) is 39.2 Å². The second-order valence-electron chi connectivity index (χ2n) is 5.91. The summed E-state index contributed by atoms with van der Waals surface area (Å²) in [5.41, 5.74) is 0.725. The van der Waals surface area contributed by atoms with Gasteiger partial charge in [0.2, 0.25) is 0 Å². The number of anilines is 1. The van der Waals surface area contributed by atoms with Crippen molar-refractivity contribution in [3.63, 3.8) is 0 Å². The van der Waals surface area contributed by atoms with Gasteiger partial charge in [0.05, 0.1) is 5.69 Å². The second kappa shape index (κ2) is 7.42. The molecule has 0 amide bonds. The quantitative estimate of drug-likeness (QED) is 0.900. The number of piperidine rings is 1. The predicted octanol–water partition coefficient (Wildman–Crippen LogP) is 3.62. The summed E-state index contributed by atoms with van der Waals surface area (Å²) in [6, 6.07) is 6.95. The van der Waals surface area contributed by atoms with Crippen LogP contribution in [0, 0.1) is 23.1 Å². The van der Waals surface area contributed by atoms with E-state index in [4.69, 9.17) is 5.26 Å². The molecule has 0 saturated carbocycles. The minimum atomic E-state index is -0.453. The van der Waals surface area contributed by atoms with Gasteiger partial charge in [0.25, 0.3) is 0 Å². The first-order chi connectivity index (χ1) is 10.2. The van der Waals surface area contributed by atoms with Crippen molar-refractivity contribution in [1.82, 2.24) is 4.90 Å². The normalized spacial score (nSPS) is 20.8. The Labute approximate surface area is 126 Å². The number of likely N-dealkylation sites (tertiary alicyclic amines) is 1. The number of rotatable bonds is 5. The summed E-state index contributed by atoms with van der Waals surface area (Å²) >= 11 is 0. The number of benzene rings is 1. The van der Waals surface area contributed by atoms with Crippen LogP contribution >= 0.6 is 0 Å². The molecule has 1 aromatic rings. The largest absolute Gasteiger partial charge is 0.381 e. The molecule has 0 radical (unpaired) electrons. The summed E-state index contributed by atoms with van der Waals surface area (Å²) < 4.78 is 13.6. The van der Waals surface area contributed by atoms with Crippen LogP contribution in [-0.4, -0.2) is 30.6 Å². The monoisotopic (exact) mass is 289 g/mol. The highest BCUT2D eigenvalue weighted by molar-refractivity contribution is 5.58. The van der Waals surface area contributed by atoms with Gasteiger partial charge in [-0.15, -0.1) is 0 Å². The Bertz CT molecular complexity index is 507. The summed E-state index contributed by atoms with van der Waals surface area (Å²) in [4.78, 5) is 2.50. The molecule has 0 spiro atoms. The SMILES string of the molecule is CCCN1CCCC(C(C)Nc2cccc(F)c2C#N)C1. The summed E-state index contributed by atoms with van der Waals surface area (Å²) in [5.74, 6) is 0.0889. The van der Waals surface area contributed by atoms with Gasteiger partial charge in [0.15, 0.2) is 0 Å². The third kappa shape index (κ3) is 3.95. The second-order valence-corrected chi connectivity index (χ2v) is 5.91. The van der Waals surface area contributed by atoms with E-state index >= 15 is 0 Å². The van der Waals surface area contributed by atoms with Gasteiger partial charge in [-0.1, -0.05) is 13.0 Å². The number of hydrogen-bond donors (Lipinski definition) is 1. The molecule has 1 aliphatic heterocycles. The van der Waals surface area contributed by atoms with Gasteiger partial charge in [0.1, 0.15) is 17.4 Å².